The molecule has 0 saturated heterocycles. The van der Waals surface area contributed by atoms with Gasteiger partial charge >= 0.3 is 0 Å². The molecule has 9 aliphatic rings. The molecule has 40 heteroatoms. The number of primary amides is 3. The molecule has 8 radical (unpaired) electrons. The van der Waals surface area contributed by atoms with Gasteiger partial charge in [-0.15, -0.1) is 24.8 Å². The zero-order chi connectivity index (χ0) is 97.1. The van der Waals surface area contributed by atoms with Gasteiger partial charge in [-0.25, -0.2) is 0 Å². The lowest BCUT2D eigenvalue weighted by molar-refractivity contribution is -0.169. The third-order valence-corrected chi connectivity index (χ3v) is 23.9. The average Bonchev–Trinajstić information content (AvgIpc) is 0.698. The van der Waals surface area contributed by atoms with Crippen molar-refractivity contribution in [3.8, 4) is 41.4 Å². The van der Waals surface area contributed by atoms with E-state index >= 15 is 0 Å². The molecule has 33 nitrogen and oxygen atoms in total. The number of carbonyl (C=O) groups is 9. The maximum absolute atomic E-state index is 13.9. The van der Waals surface area contributed by atoms with E-state index in [1.807, 2.05) is 29.5 Å². The number of carbonyl (C=O) groups excluding carboxylic acids is 9. The summed E-state index contributed by atoms with van der Waals surface area (Å²) >= 11 is 1.88. The monoisotopic (exact) mass is 1880 g/mol. The molecule has 0 spiro atoms. The fraction of sp³-hybridized carbons (Fsp3) is 0.404. The van der Waals surface area contributed by atoms with Crippen LogP contribution in [0.25, 0.3) is 23.4 Å². The number of aromatic hydroxyl groups is 3. The Hall–Kier alpha value is -11.7. The number of hydrogen-bond acceptors (Lipinski definition) is 30. The van der Waals surface area contributed by atoms with Crippen molar-refractivity contribution in [1.82, 2.24) is 14.7 Å². The molecule has 0 aromatic heterocycles. The minimum Gasteiger partial charge on any atom is -0.508 e. The maximum Gasteiger partial charge on any atom is 0.255 e. The largest absolute Gasteiger partial charge is 0.508 e. The minimum atomic E-state index is -2.94. The number of phenolic OH excluding ortho intramolecular Hbond substituents is 3. The van der Waals surface area contributed by atoms with Gasteiger partial charge in [0.2, 0.25) is 17.3 Å². The van der Waals surface area contributed by atoms with E-state index in [2.05, 4.69) is 66.8 Å². The van der Waals surface area contributed by atoms with Gasteiger partial charge in [-0.1, -0.05) is 50.5 Å². The van der Waals surface area contributed by atoms with Crippen molar-refractivity contribution in [2.24, 2.45) is 52.7 Å². The zero-order valence-corrected chi connectivity index (χ0v) is 75.0. The number of allylic oxidation sites excluding steroid dienone is 2. The molecule has 3 fully saturated rings. The van der Waals surface area contributed by atoms with Crippen LogP contribution in [0.1, 0.15) is 87.1 Å². The lowest BCUT2D eigenvalue weighted by Crippen LogP contribution is -2.70. The molecule has 3 aromatic carbocycles. The molecule has 21 N–H and O–H groups in total. The standard InChI is InChI=1S/C26H31N3O8.C26H29N3O8.C23H26IN3O8.C6H4.C3H6.C3H4.2CH4.B6/c2*1-6-7-10-8-13(28(2)3)11-9-12-15(21(32)14(11)19(10)30)23(34)26(37)17(20(12)31)18(29(4)5)22(33)16(24(26)35)25(27)36;1-26(2)10-6-9(24)17(29)11-7(10)5-8-12(18(11)30)20(32)23(35)14(16(8)28)15(27(3)4)19(31)13(21(23)33)22(25)34;1-3-5-6-4-2;2*1-3-2;;;1-5(2)6(3)4/h6-8,12,17-18,20,30-32,35,37H,9H2,1-5H3,(H2,27,36);8,12,17-18,20,30-32,35,37H,9H2,1-5H3,(H2,27,36);6,8,14-16,28-30,33,35H,5H2,1-4H3,(H2,25,34);1-2H2;3H,1H2,2H3;1H,2H3;2*1H4;/b7-6+;;;;;;;;/t2*12?,17?,18?,20?,26-;8?,14?,15-,16?,23-;;;;;;/m000....../s1. The predicted molar refractivity (Wildman–Crippen MR) is 504 cm³/mol. The topological polar surface area (TPSA) is 555 Å². The number of halogens is 1. The zero-order valence-electron chi connectivity index (χ0n) is 72.9. The van der Waals surface area contributed by atoms with Crippen LogP contribution in [0.15, 0.2) is 124 Å². The summed E-state index contributed by atoms with van der Waals surface area (Å²) < 4.78 is 0.394. The minimum absolute atomic E-state index is 0. The number of nitrogens with two attached hydrogens (primary N) is 3. The second-order valence-electron chi connectivity index (χ2n) is 32.1. The first kappa shape index (κ1) is 110. The van der Waals surface area contributed by atoms with Gasteiger partial charge in [0.25, 0.3) is 17.7 Å². The number of aliphatic hydroxyl groups is 12. The molecule has 12 rings (SSSR count). The first-order chi connectivity index (χ1) is 59.0. The van der Waals surface area contributed by atoms with Crippen molar-refractivity contribution >= 4 is 159 Å². The fourth-order valence-electron chi connectivity index (χ4n) is 17.7. The number of ketones is 6. The molecule has 0 bridgehead atoms. The molecule has 3 amide bonds. The maximum atomic E-state index is 13.9. The van der Waals surface area contributed by atoms with Crippen molar-refractivity contribution in [2.75, 3.05) is 99.3 Å². The summed E-state index contributed by atoms with van der Waals surface area (Å²) in [5.41, 5.74) is 16.2. The SMILES string of the molecule is C.C.C#CC.C/C=C/c1cc(N(C)C)c2c(c1O)C(O)=C1C(=O)[C@]3(O)C(O)=C(C(N)=O)C(=O)C(N(C)C)C3C(O)C1C2.C=C=C=C=C=C.C=CC.CC#Cc1cc(N(C)C)c2c(c1O)C(O)=C1C(=O)[C@]3(O)C(O)=C(C(N)=O)C(=O)C(N(C)C)C3C(O)C1C2.CN(C)c1cc(I)c(O)c2c1CC1C(=C2O)C(=O)[C@]2(O)C(O)=C(C(N)=O)C(=O)[C@@H](N(C)C)C2C1O.[B]B([B])B([B])[B]. The molecular formula is C89H108B6IN9O24. The predicted octanol–water partition coefficient (Wildman–Crippen LogP) is 1.25. The molecular weight excluding hydrogens is 1770 g/mol. The number of aliphatic hydroxyl groups excluding tert-OH is 9. The molecule has 3 aromatic rings. The summed E-state index contributed by atoms with van der Waals surface area (Å²) in [6, 6.07) is 0.876. The molecule has 129 heavy (non-hydrogen) atoms. The van der Waals surface area contributed by atoms with Crippen molar-refractivity contribution < 1.29 is 120 Å². The molecule has 3 saturated carbocycles. The summed E-state index contributed by atoms with van der Waals surface area (Å²) in [6.07, 6.45) is 3.55. The van der Waals surface area contributed by atoms with Gasteiger partial charge in [0, 0.05) is 143 Å². The molecule has 0 aliphatic heterocycles. The number of terminal acetylenes is 1. The Morgan fingerprint density at radius 3 is 1.01 bits per heavy atom. The van der Waals surface area contributed by atoms with E-state index in [0.717, 1.165) is 0 Å². The van der Waals surface area contributed by atoms with Gasteiger partial charge < -0.3 is 108 Å². The first-order valence-corrected chi connectivity index (χ1v) is 40.0. The van der Waals surface area contributed by atoms with Gasteiger partial charge in [0.1, 0.15) is 68.5 Å². The van der Waals surface area contributed by atoms with Gasteiger partial charge in [0.05, 0.1) is 80.0 Å². The van der Waals surface area contributed by atoms with Crippen LogP contribution in [0.5, 0.6) is 17.2 Å². The van der Waals surface area contributed by atoms with E-state index in [0.29, 0.717) is 42.9 Å². The highest BCUT2D eigenvalue weighted by atomic mass is 127. The highest BCUT2D eigenvalue weighted by Gasteiger charge is 2.71. The van der Waals surface area contributed by atoms with Crippen molar-refractivity contribution in [3.63, 3.8) is 0 Å². The summed E-state index contributed by atoms with van der Waals surface area (Å²) in [5, 5.41) is 169. The molecule has 678 valence electrons. The molecule has 11 unspecified atom stereocenters. The second-order valence-corrected chi connectivity index (χ2v) is 33.2. The summed E-state index contributed by atoms with van der Waals surface area (Å²) in [6.45, 7) is 16.7. The van der Waals surface area contributed by atoms with Crippen molar-refractivity contribution in [3.05, 3.63) is 172 Å². The average molecular weight is 1880 g/mol. The van der Waals surface area contributed by atoms with E-state index in [1.165, 1.54) is 57.0 Å². The van der Waals surface area contributed by atoms with Gasteiger partial charge in [-0.2, -0.15) is 0 Å². The normalized spacial score (nSPS) is 25.6. The number of Topliss-reactive ketones (excluding diaryl/α,β-unsaturated/α-hetero) is 6. The van der Waals surface area contributed by atoms with Crippen LogP contribution in [0.4, 0.5) is 17.1 Å². The van der Waals surface area contributed by atoms with E-state index in [-0.39, 0.29) is 67.9 Å². The number of benzene rings is 3. The fourth-order valence-corrected chi connectivity index (χ4v) is 18.3. The number of hydrogen-bond donors (Lipinski definition) is 18. The first-order valence-electron chi connectivity index (χ1n) is 38.9. The number of nitrogens with zero attached hydrogens (tertiary/aromatic N) is 6. The Morgan fingerprint density at radius 2 is 0.767 bits per heavy atom. The van der Waals surface area contributed by atoms with Crippen molar-refractivity contribution in [2.45, 2.75) is 115 Å². The van der Waals surface area contributed by atoms with E-state index in [1.54, 1.807) is 114 Å². The lowest BCUT2D eigenvalue weighted by atomic mass is 8.81. The smallest absolute Gasteiger partial charge is 0.255 e. The van der Waals surface area contributed by atoms with E-state index in [9.17, 15) is 120 Å². The number of anilines is 3. The quantitative estimate of drug-likeness (QED) is 0.0321. The van der Waals surface area contributed by atoms with Gasteiger partial charge in [-0.3, -0.25) is 57.9 Å². The van der Waals surface area contributed by atoms with Crippen LogP contribution >= 0.6 is 22.6 Å². The van der Waals surface area contributed by atoms with E-state index < -0.39 is 228 Å². The van der Waals surface area contributed by atoms with Gasteiger partial charge in [0.15, 0.2) is 34.2 Å². The van der Waals surface area contributed by atoms with Crippen molar-refractivity contribution in [1.29, 1.82) is 0 Å². The van der Waals surface area contributed by atoms with Crippen LogP contribution < -0.4 is 31.9 Å². The number of likely N-dealkylation sites (N-methyl/N-ethyl adjacent to an activating group) is 3. The third-order valence-electron chi connectivity index (χ3n) is 23.1. The summed E-state index contributed by atoms with van der Waals surface area (Å²) in [5.74, 6) is -17.5. The Kier molecular flexibility index (Phi) is 36.3. The number of phenols is 3. The summed E-state index contributed by atoms with van der Waals surface area (Å²) in [7, 11) is 39.1. The Morgan fingerprint density at radius 1 is 0.504 bits per heavy atom. The highest BCUT2D eigenvalue weighted by Crippen LogP contribution is 2.59. The van der Waals surface area contributed by atoms with Crippen LogP contribution in [-0.2, 0) is 62.4 Å². The second kappa shape index (κ2) is 42.7. The van der Waals surface area contributed by atoms with Crippen LogP contribution in [0.3, 0.4) is 0 Å². The van der Waals surface area contributed by atoms with E-state index in [4.69, 9.17) is 48.1 Å². The number of amides is 3. The van der Waals surface area contributed by atoms with Crippen LogP contribution in [0.2, 0.25) is 0 Å². The Labute approximate surface area is 769 Å². The lowest BCUT2D eigenvalue weighted by Gasteiger charge is -2.52. The van der Waals surface area contributed by atoms with Gasteiger partial charge in [-0.05, 0) is 171 Å². The number of fused-ring (bicyclic) bond motifs is 9. The third kappa shape index (κ3) is 18.9. The molecule has 15 atom stereocenters. The Balaban J connectivity index is 0.000000366. The summed E-state index contributed by atoms with van der Waals surface area (Å²) in [4.78, 5) is 126. The molecule has 9 aliphatic carbocycles. The van der Waals surface area contributed by atoms with Crippen LogP contribution in [0, 0.1) is 63.3 Å². The Bertz CT molecular complexity index is 5590. The number of rotatable bonds is 11. The highest BCUT2D eigenvalue weighted by molar-refractivity contribution is 14.1. The molecule has 0 heterocycles. The van der Waals surface area contributed by atoms with Crippen LogP contribution in [-0.4, -0.2) is 325 Å².